The molecule has 0 fully saturated rings. The Morgan fingerprint density at radius 1 is 1.38 bits per heavy atom. The van der Waals surface area contributed by atoms with Crippen molar-refractivity contribution >= 4 is 17.8 Å². The monoisotopic (exact) mass is 355 g/mol. The van der Waals surface area contributed by atoms with E-state index in [0.717, 1.165) is 17.0 Å². The van der Waals surface area contributed by atoms with Crippen molar-refractivity contribution in [2.24, 2.45) is 0 Å². The summed E-state index contributed by atoms with van der Waals surface area (Å²) in [5.74, 6) is -1.19. The summed E-state index contributed by atoms with van der Waals surface area (Å²) in [5, 5.41) is 9.28. The van der Waals surface area contributed by atoms with Gasteiger partial charge in [-0.15, -0.1) is 0 Å². The number of methoxy groups -OCH3 is 1. The van der Waals surface area contributed by atoms with E-state index in [1.807, 2.05) is 30.6 Å². The maximum Gasteiger partial charge on any atom is 0.349 e. The van der Waals surface area contributed by atoms with Gasteiger partial charge in [0, 0.05) is 31.2 Å². The van der Waals surface area contributed by atoms with Crippen molar-refractivity contribution in [1.82, 2.24) is 9.55 Å². The minimum Gasteiger partial charge on any atom is -0.453 e. The summed E-state index contributed by atoms with van der Waals surface area (Å²) in [5.41, 5.74) is 2.86. The maximum atomic E-state index is 12.1. The Labute approximate surface area is 151 Å². The van der Waals surface area contributed by atoms with Gasteiger partial charge in [-0.2, -0.15) is 5.26 Å². The van der Waals surface area contributed by atoms with E-state index in [9.17, 15) is 14.9 Å². The van der Waals surface area contributed by atoms with E-state index in [4.69, 9.17) is 9.47 Å². The number of esters is 1. The lowest BCUT2D eigenvalue weighted by Gasteiger charge is -2.08. The summed E-state index contributed by atoms with van der Waals surface area (Å²) < 4.78 is 12.1. The second-order valence-corrected chi connectivity index (χ2v) is 5.72. The molecule has 0 amide bonds. The van der Waals surface area contributed by atoms with Gasteiger partial charge in [0.2, 0.25) is 5.78 Å². The number of hydrogen-bond acceptors (Lipinski definition) is 5. The summed E-state index contributed by atoms with van der Waals surface area (Å²) in [6, 6.07) is 7.00. The molecular weight excluding hydrogens is 334 g/mol. The average Bonchev–Trinajstić information content (AvgIpc) is 3.25. The van der Waals surface area contributed by atoms with Gasteiger partial charge in [0.1, 0.15) is 11.6 Å². The first-order valence-corrected chi connectivity index (χ1v) is 8.09. The highest BCUT2D eigenvalue weighted by Crippen LogP contribution is 2.18. The molecule has 0 aromatic carbocycles. The molecule has 1 N–H and O–H groups in total. The first-order valence-electron chi connectivity index (χ1n) is 8.09. The zero-order valence-corrected chi connectivity index (χ0v) is 15.0. The number of carbonyl (C=O) groups is 2. The van der Waals surface area contributed by atoms with Crippen LogP contribution < -0.4 is 0 Å². The van der Waals surface area contributed by atoms with E-state index in [0.29, 0.717) is 18.8 Å². The molecule has 136 valence electrons. The van der Waals surface area contributed by atoms with Gasteiger partial charge in [-0.1, -0.05) is 0 Å². The number of H-pyrrole nitrogens is 1. The number of ketones is 1. The molecule has 0 unspecified atom stereocenters. The fourth-order valence-electron chi connectivity index (χ4n) is 2.58. The van der Waals surface area contributed by atoms with Gasteiger partial charge >= 0.3 is 5.97 Å². The lowest BCUT2D eigenvalue weighted by molar-refractivity contribution is -0.137. The predicted molar refractivity (Wildman–Crippen MR) is 95.5 cm³/mol. The zero-order valence-electron chi connectivity index (χ0n) is 15.0. The van der Waals surface area contributed by atoms with Crippen LogP contribution >= 0.6 is 0 Å². The third kappa shape index (κ3) is 4.49. The highest BCUT2D eigenvalue weighted by Gasteiger charge is 2.16. The lowest BCUT2D eigenvalue weighted by atomic mass is 10.1. The smallest absolute Gasteiger partial charge is 0.349 e. The van der Waals surface area contributed by atoms with Crippen LogP contribution in [0.15, 0.2) is 30.0 Å². The minimum atomic E-state index is -0.825. The van der Waals surface area contributed by atoms with Crippen LogP contribution in [0.4, 0.5) is 0 Å². The maximum absolute atomic E-state index is 12.1. The van der Waals surface area contributed by atoms with Crippen LogP contribution in [0.2, 0.25) is 0 Å². The number of carbonyl (C=O) groups excluding carboxylic acids is 2. The van der Waals surface area contributed by atoms with Crippen molar-refractivity contribution in [3.05, 3.63) is 52.6 Å². The van der Waals surface area contributed by atoms with E-state index >= 15 is 0 Å². The van der Waals surface area contributed by atoms with Crippen LogP contribution in [0.5, 0.6) is 0 Å². The molecule has 7 heteroatoms. The number of nitriles is 1. The van der Waals surface area contributed by atoms with Gasteiger partial charge in [-0.25, -0.2) is 4.79 Å². The molecule has 0 saturated carbocycles. The number of aryl methyl sites for hydroxylation is 1. The standard InChI is InChI=1S/C19H21N3O4/c1-13-9-15(14(2)22(13)7-8-25-3)10-16(11-20)19(24)26-12-18(23)17-5-4-6-21-17/h4-6,9-10,21H,7-8,12H2,1-3H3. The molecule has 0 aliphatic carbocycles. The number of ether oxygens (including phenoxy) is 2. The molecule has 7 nitrogen and oxygen atoms in total. The van der Waals surface area contributed by atoms with Crippen molar-refractivity contribution in [2.75, 3.05) is 20.3 Å². The Balaban J connectivity index is 2.11. The molecule has 2 rings (SSSR count). The zero-order chi connectivity index (χ0) is 19.1. The quantitative estimate of drug-likeness (QED) is 0.339. The minimum absolute atomic E-state index is 0.156. The molecule has 2 heterocycles. The Bertz CT molecular complexity index is 854. The van der Waals surface area contributed by atoms with E-state index in [1.165, 1.54) is 6.08 Å². The molecule has 0 aliphatic heterocycles. The summed E-state index contributed by atoms with van der Waals surface area (Å²) >= 11 is 0. The van der Waals surface area contributed by atoms with Crippen LogP contribution in [-0.2, 0) is 20.8 Å². The van der Waals surface area contributed by atoms with E-state index in [2.05, 4.69) is 4.98 Å². The highest BCUT2D eigenvalue weighted by atomic mass is 16.5. The molecule has 0 bridgehead atoms. The number of hydrogen-bond donors (Lipinski definition) is 1. The van der Waals surface area contributed by atoms with Crippen molar-refractivity contribution in [3.8, 4) is 6.07 Å². The molecule has 0 spiro atoms. The van der Waals surface area contributed by atoms with Gasteiger partial charge in [0.25, 0.3) is 0 Å². The van der Waals surface area contributed by atoms with Gasteiger partial charge in [0.15, 0.2) is 6.61 Å². The third-order valence-corrected chi connectivity index (χ3v) is 4.00. The average molecular weight is 355 g/mol. The molecule has 26 heavy (non-hydrogen) atoms. The number of nitrogens with zero attached hydrogens (tertiary/aromatic N) is 2. The predicted octanol–water partition coefficient (Wildman–Crippen LogP) is 2.41. The van der Waals surface area contributed by atoms with Crippen molar-refractivity contribution < 1.29 is 19.1 Å². The fraction of sp³-hybridized carbons (Fsp3) is 0.316. The Hall–Kier alpha value is -3.11. The van der Waals surface area contributed by atoms with Gasteiger partial charge in [-0.3, -0.25) is 4.79 Å². The van der Waals surface area contributed by atoms with Crippen LogP contribution in [-0.4, -0.2) is 41.6 Å². The van der Waals surface area contributed by atoms with Crippen molar-refractivity contribution in [2.45, 2.75) is 20.4 Å². The highest BCUT2D eigenvalue weighted by molar-refractivity contribution is 6.01. The number of nitrogens with one attached hydrogen (secondary N) is 1. The van der Waals surface area contributed by atoms with E-state index in [1.54, 1.807) is 25.4 Å². The van der Waals surface area contributed by atoms with Crippen LogP contribution in [0.1, 0.15) is 27.4 Å². The SMILES string of the molecule is COCCn1c(C)cc(C=C(C#N)C(=O)OCC(=O)c2ccc[nH]2)c1C. The molecule has 0 saturated heterocycles. The van der Waals surface area contributed by atoms with Gasteiger partial charge in [-0.05, 0) is 43.7 Å². The summed E-state index contributed by atoms with van der Waals surface area (Å²) in [7, 11) is 1.63. The summed E-state index contributed by atoms with van der Waals surface area (Å²) in [6.45, 7) is 4.67. The van der Waals surface area contributed by atoms with E-state index in [-0.39, 0.29) is 11.4 Å². The number of aromatic amines is 1. The van der Waals surface area contributed by atoms with E-state index < -0.39 is 12.6 Å². The number of aromatic nitrogens is 2. The Morgan fingerprint density at radius 2 is 2.15 bits per heavy atom. The first-order chi connectivity index (χ1) is 12.5. The van der Waals surface area contributed by atoms with Crippen LogP contribution in [0, 0.1) is 25.2 Å². The Morgan fingerprint density at radius 3 is 2.77 bits per heavy atom. The second-order valence-electron chi connectivity index (χ2n) is 5.72. The van der Waals surface area contributed by atoms with Crippen molar-refractivity contribution in [3.63, 3.8) is 0 Å². The van der Waals surface area contributed by atoms with Crippen molar-refractivity contribution in [1.29, 1.82) is 5.26 Å². The topological polar surface area (TPSA) is 97.1 Å². The third-order valence-electron chi connectivity index (χ3n) is 4.00. The summed E-state index contributed by atoms with van der Waals surface area (Å²) in [6.07, 6.45) is 3.09. The first kappa shape index (κ1) is 19.2. The number of rotatable bonds is 8. The Kier molecular flexibility index (Phi) is 6.53. The molecule has 0 atom stereocenters. The van der Waals surface area contributed by atoms with Crippen LogP contribution in [0.25, 0.3) is 6.08 Å². The second kappa shape index (κ2) is 8.83. The normalized spacial score (nSPS) is 11.2. The summed E-state index contributed by atoms with van der Waals surface area (Å²) in [4.78, 5) is 26.7. The van der Waals surface area contributed by atoms with Gasteiger partial charge < -0.3 is 19.0 Å². The molecule has 2 aromatic rings. The van der Waals surface area contributed by atoms with Crippen LogP contribution in [0.3, 0.4) is 0 Å². The van der Waals surface area contributed by atoms with Gasteiger partial charge in [0.05, 0.1) is 12.3 Å². The molecule has 0 aliphatic rings. The molecule has 0 radical (unpaired) electrons. The molecular formula is C19H21N3O4. The lowest BCUT2D eigenvalue weighted by Crippen LogP contribution is -2.15. The largest absolute Gasteiger partial charge is 0.453 e. The number of Topliss-reactive ketones (excluding diaryl/α,β-unsaturated/α-hetero) is 1. The molecule has 2 aromatic heterocycles. The fourth-order valence-corrected chi connectivity index (χ4v) is 2.58.